The zero-order valence-corrected chi connectivity index (χ0v) is 23.9. The molecule has 0 bridgehead atoms. The number of carbonyl (C=O) groups excluding carboxylic acids is 2. The van der Waals surface area contributed by atoms with E-state index in [9.17, 15) is 18.0 Å². The Bertz CT molecular complexity index is 1470. The van der Waals surface area contributed by atoms with Crippen LogP contribution >= 0.6 is 0 Å². The van der Waals surface area contributed by atoms with Gasteiger partial charge < -0.3 is 20.9 Å². The first-order valence-corrected chi connectivity index (χ1v) is 15.8. The van der Waals surface area contributed by atoms with Crippen molar-refractivity contribution in [3.8, 4) is 11.1 Å². The summed E-state index contributed by atoms with van der Waals surface area (Å²) in [6, 6.07) is 11.7. The van der Waals surface area contributed by atoms with Crippen LogP contribution < -0.4 is 11.1 Å². The number of primary amides is 1. The molecule has 214 valence electrons. The van der Waals surface area contributed by atoms with Crippen LogP contribution in [0.3, 0.4) is 0 Å². The summed E-state index contributed by atoms with van der Waals surface area (Å²) >= 11 is 0. The second kappa shape index (κ2) is 12.1. The molecule has 2 aliphatic rings. The average molecular weight is 566 g/mol. The van der Waals surface area contributed by atoms with Crippen LogP contribution in [-0.4, -0.2) is 72.9 Å². The minimum Gasteiger partial charge on any atom is -0.369 e. The maximum Gasteiger partial charge on any atom is 0.221 e. The van der Waals surface area contributed by atoms with Crippen molar-refractivity contribution in [3.63, 3.8) is 0 Å². The number of rotatable bonds is 10. The fourth-order valence-corrected chi connectivity index (χ4v) is 7.68. The van der Waals surface area contributed by atoms with E-state index in [1.807, 2.05) is 36.5 Å². The third-order valence-corrected chi connectivity index (χ3v) is 10.1. The number of nitrogens with two attached hydrogens (primary N) is 1. The summed E-state index contributed by atoms with van der Waals surface area (Å²) in [5.74, 6) is -0.111. The molecule has 0 aliphatic carbocycles. The molecule has 1 aromatic heterocycles. The molecule has 0 unspecified atom stereocenters. The lowest BCUT2D eigenvalue weighted by molar-refractivity contribution is -0.117. The molecular formula is C30H39N5O4S. The van der Waals surface area contributed by atoms with Crippen molar-refractivity contribution >= 4 is 38.4 Å². The van der Waals surface area contributed by atoms with E-state index in [1.54, 1.807) is 4.31 Å². The number of hydrogen-bond donors (Lipinski definition) is 3. The smallest absolute Gasteiger partial charge is 0.221 e. The summed E-state index contributed by atoms with van der Waals surface area (Å²) in [4.78, 5) is 29.0. The molecule has 0 spiro atoms. The normalized spacial score (nSPS) is 17.4. The number of benzene rings is 2. The Hall–Kier alpha value is -3.21. The van der Waals surface area contributed by atoms with Gasteiger partial charge in [0.15, 0.2) is 0 Å². The summed E-state index contributed by atoms with van der Waals surface area (Å²) in [6.07, 6.45) is 6.72. The van der Waals surface area contributed by atoms with E-state index in [0.717, 1.165) is 71.3 Å². The largest absolute Gasteiger partial charge is 0.369 e. The molecule has 4 N–H and O–H groups in total. The lowest BCUT2D eigenvalue weighted by Crippen LogP contribution is -2.39. The Labute approximate surface area is 236 Å². The van der Waals surface area contributed by atoms with Gasteiger partial charge in [-0.25, -0.2) is 12.7 Å². The third-order valence-electron chi connectivity index (χ3n) is 8.17. The number of nitrogens with zero attached hydrogens (tertiary/aromatic N) is 2. The maximum atomic E-state index is 13.0. The molecule has 3 aromatic rings. The SMILES string of the molecule is CC(=O)Nc1ccc(-c2cc(CC(N)=O)c3[nH]cc(C4CCN(S(=O)(=O)CCCN5CCCC5)CC4)c3c2)cc1. The number of fused-ring (bicyclic) bond motifs is 1. The van der Waals surface area contributed by atoms with Crippen LogP contribution in [0.5, 0.6) is 0 Å². The van der Waals surface area contributed by atoms with Gasteiger partial charge in [0, 0.05) is 42.8 Å². The first kappa shape index (κ1) is 28.3. The molecule has 10 heteroatoms. The lowest BCUT2D eigenvalue weighted by atomic mass is 9.88. The van der Waals surface area contributed by atoms with Crippen molar-refractivity contribution in [3.05, 3.63) is 53.7 Å². The van der Waals surface area contributed by atoms with E-state index in [0.29, 0.717) is 19.5 Å². The Morgan fingerprint density at radius 2 is 1.73 bits per heavy atom. The summed E-state index contributed by atoms with van der Waals surface area (Å²) in [5.41, 5.74) is 11.1. The van der Waals surface area contributed by atoms with Crippen LogP contribution in [-0.2, 0) is 26.0 Å². The average Bonchev–Trinajstić information content (AvgIpc) is 3.59. The number of anilines is 1. The standard InChI is InChI=1S/C30H39N5O4S/c1-21(36)33-26-7-5-22(6-8-26)24-17-25(19-29(31)37)30-27(18-24)28(20-32-30)23-9-14-35(15-10-23)40(38,39)16-4-13-34-11-2-3-12-34/h5-8,17-18,20,23,32H,2-4,9-16,19H2,1H3,(H2,31,37)(H,33,36). The van der Waals surface area contributed by atoms with Crippen molar-refractivity contribution < 1.29 is 18.0 Å². The fourth-order valence-electron chi connectivity index (χ4n) is 6.16. The predicted molar refractivity (Wildman–Crippen MR) is 159 cm³/mol. The highest BCUT2D eigenvalue weighted by molar-refractivity contribution is 7.89. The van der Waals surface area contributed by atoms with Crippen LogP contribution in [0.15, 0.2) is 42.6 Å². The predicted octanol–water partition coefficient (Wildman–Crippen LogP) is 3.82. The van der Waals surface area contributed by atoms with Gasteiger partial charge in [-0.2, -0.15) is 0 Å². The molecule has 40 heavy (non-hydrogen) atoms. The quantitative estimate of drug-likeness (QED) is 0.344. The number of nitrogens with one attached hydrogen (secondary N) is 2. The zero-order chi connectivity index (χ0) is 28.3. The van der Waals surface area contributed by atoms with Gasteiger partial charge in [-0.15, -0.1) is 0 Å². The van der Waals surface area contributed by atoms with E-state index in [-0.39, 0.29) is 24.0 Å². The molecule has 9 nitrogen and oxygen atoms in total. The number of likely N-dealkylation sites (tertiary alicyclic amines) is 1. The van der Waals surface area contributed by atoms with Gasteiger partial charge in [0.05, 0.1) is 12.2 Å². The minimum atomic E-state index is -3.26. The van der Waals surface area contributed by atoms with Gasteiger partial charge in [0.25, 0.3) is 0 Å². The number of aromatic nitrogens is 1. The Balaban J connectivity index is 1.33. The Morgan fingerprint density at radius 3 is 2.38 bits per heavy atom. The number of sulfonamides is 1. The Morgan fingerprint density at radius 1 is 1.02 bits per heavy atom. The van der Waals surface area contributed by atoms with Crippen LogP contribution in [0.1, 0.15) is 56.1 Å². The third kappa shape index (κ3) is 6.56. The molecule has 2 fully saturated rings. The van der Waals surface area contributed by atoms with E-state index < -0.39 is 15.9 Å². The minimum absolute atomic E-state index is 0.113. The first-order valence-electron chi connectivity index (χ1n) is 14.2. The van der Waals surface area contributed by atoms with Gasteiger partial charge in [0.1, 0.15) is 0 Å². The van der Waals surface area contributed by atoms with Gasteiger partial charge in [0.2, 0.25) is 21.8 Å². The molecule has 0 saturated carbocycles. The summed E-state index contributed by atoms with van der Waals surface area (Å²) in [5, 5.41) is 3.82. The highest BCUT2D eigenvalue weighted by Crippen LogP contribution is 2.37. The van der Waals surface area contributed by atoms with Gasteiger partial charge in [-0.05, 0) is 104 Å². The maximum absolute atomic E-state index is 13.0. The highest BCUT2D eigenvalue weighted by Gasteiger charge is 2.30. The van der Waals surface area contributed by atoms with Crippen molar-refractivity contribution in [2.45, 2.75) is 51.4 Å². The molecule has 3 heterocycles. The van der Waals surface area contributed by atoms with Crippen molar-refractivity contribution in [1.82, 2.24) is 14.2 Å². The second-order valence-electron chi connectivity index (χ2n) is 11.1. The number of H-pyrrole nitrogens is 1. The molecule has 0 radical (unpaired) electrons. The molecule has 2 aromatic carbocycles. The van der Waals surface area contributed by atoms with Gasteiger partial charge in [-0.3, -0.25) is 9.59 Å². The monoisotopic (exact) mass is 565 g/mol. The summed E-state index contributed by atoms with van der Waals surface area (Å²) < 4.78 is 27.7. The molecule has 5 rings (SSSR count). The lowest BCUT2D eigenvalue weighted by Gasteiger charge is -2.31. The Kier molecular flexibility index (Phi) is 8.58. The molecule has 2 aliphatic heterocycles. The molecule has 2 saturated heterocycles. The van der Waals surface area contributed by atoms with Crippen molar-refractivity contribution in [2.24, 2.45) is 5.73 Å². The summed E-state index contributed by atoms with van der Waals surface area (Å²) in [6.45, 7) is 5.53. The van der Waals surface area contributed by atoms with E-state index in [2.05, 4.69) is 21.3 Å². The zero-order valence-electron chi connectivity index (χ0n) is 23.1. The first-order chi connectivity index (χ1) is 19.2. The highest BCUT2D eigenvalue weighted by atomic mass is 32.2. The number of piperidine rings is 1. The fraction of sp³-hybridized carbons (Fsp3) is 0.467. The number of hydrogen-bond acceptors (Lipinski definition) is 5. The van der Waals surface area contributed by atoms with Crippen molar-refractivity contribution in [2.75, 3.05) is 43.8 Å². The van der Waals surface area contributed by atoms with Gasteiger partial charge in [-0.1, -0.05) is 12.1 Å². The van der Waals surface area contributed by atoms with E-state index in [4.69, 9.17) is 5.73 Å². The number of amides is 2. The molecule has 2 amide bonds. The van der Waals surface area contributed by atoms with Crippen LogP contribution in [0.4, 0.5) is 5.69 Å². The van der Waals surface area contributed by atoms with Crippen molar-refractivity contribution in [1.29, 1.82) is 0 Å². The van der Waals surface area contributed by atoms with E-state index in [1.165, 1.54) is 19.8 Å². The molecular weight excluding hydrogens is 526 g/mol. The van der Waals surface area contributed by atoms with E-state index >= 15 is 0 Å². The van der Waals surface area contributed by atoms with Crippen LogP contribution in [0, 0.1) is 0 Å². The second-order valence-corrected chi connectivity index (χ2v) is 13.2. The molecule has 0 atom stereocenters. The summed E-state index contributed by atoms with van der Waals surface area (Å²) in [7, 11) is -3.26. The number of aromatic amines is 1. The van der Waals surface area contributed by atoms with Gasteiger partial charge >= 0.3 is 0 Å². The number of carbonyl (C=O) groups is 2. The topological polar surface area (TPSA) is 129 Å². The van der Waals surface area contributed by atoms with Crippen LogP contribution in [0.2, 0.25) is 0 Å². The van der Waals surface area contributed by atoms with Crippen LogP contribution in [0.25, 0.3) is 22.0 Å².